The first-order chi connectivity index (χ1) is 8.95. The lowest BCUT2D eigenvalue weighted by Crippen LogP contribution is -2.41. The van der Waals surface area contributed by atoms with E-state index < -0.39 is 6.04 Å². The molecule has 1 rings (SSSR count). The second kappa shape index (κ2) is 8.98. The Bertz CT molecular complexity index is 401. The number of aryl methyl sites for hydroxylation is 1. The number of carbonyl (C=O) groups is 1. The average Bonchev–Trinajstić information content (AvgIpc) is 2.36. The smallest absolute Gasteiger partial charge is 0.237 e. The zero-order valence-electron chi connectivity index (χ0n) is 12.8. The molecule has 3 nitrogen and oxygen atoms in total. The Labute approximate surface area is 128 Å². The van der Waals surface area contributed by atoms with Crippen molar-refractivity contribution >= 4 is 18.3 Å². The van der Waals surface area contributed by atoms with Gasteiger partial charge in [0, 0.05) is 0 Å². The summed E-state index contributed by atoms with van der Waals surface area (Å²) in [5.74, 6) is 0.232. The monoisotopic (exact) mass is 298 g/mol. The fourth-order valence-corrected chi connectivity index (χ4v) is 2.10. The molecule has 0 radical (unpaired) electrons. The molecule has 2 atom stereocenters. The maximum absolute atomic E-state index is 11.8. The first kappa shape index (κ1) is 18.9. The van der Waals surface area contributed by atoms with Gasteiger partial charge in [0.2, 0.25) is 5.91 Å². The maximum atomic E-state index is 11.8. The molecule has 0 bridgehead atoms. The number of hydrogen-bond acceptors (Lipinski definition) is 2. The van der Waals surface area contributed by atoms with Crippen molar-refractivity contribution in [2.75, 3.05) is 0 Å². The quantitative estimate of drug-likeness (QED) is 0.847. The average molecular weight is 299 g/mol. The molecule has 0 spiro atoms. The van der Waals surface area contributed by atoms with Crippen LogP contribution in [0, 0.1) is 5.92 Å². The highest BCUT2D eigenvalue weighted by molar-refractivity contribution is 5.85. The molecule has 0 aliphatic rings. The van der Waals surface area contributed by atoms with E-state index in [-0.39, 0.29) is 24.4 Å². The van der Waals surface area contributed by atoms with E-state index in [1.54, 1.807) is 6.92 Å². The van der Waals surface area contributed by atoms with Gasteiger partial charge in [-0.15, -0.1) is 12.4 Å². The van der Waals surface area contributed by atoms with Gasteiger partial charge in [-0.05, 0) is 30.4 Å². The van der Waals surface area contributed by atoms with Crippen LogP contribution in [0.4, 0.5) is 0 Å². The van der Waals surface area contributed by atoms with Crippen LogP contribution in [-0.2, 0) is 11.2 Å². The van der Waals surface area contributed by atoms with Gasteiger partial charge in [-0.2, -0.15) is 0 Å². The molecule has 1 aromatic rings. The van der Waals surface area contributed by atoms with Crippen LogP contribution in [0.5, 0.6) is 0 Å². The van der Waals surface area contributed by atoms with E-state index in [0.717, 1.165) is 18.4 Å². The molecular weight excluding hydrogens is 272 g/mol. The van der Waals surface area contributed by atoms with Crippen molar-refractivity contribution in [1.29, 1.82) is 0 Å². The third-order valence-corrected chi connectivity index (χ3v) is 3.26. The van der Waals surface area contributed by atoms with Gasteiger partial charge in [-0.25, -0.2) is 0 Å². The van der Waals surface area contributed by atoms with E-state index >= 15 is 0 Å². The normalized spacial score (nSPS) is 13.5. The second-order valence-electron chi connectivity index (χ2n) is 5.51. The molecule has 1 amide bonds. The molecule has 0 fully saturated rings. The van der Waals surface area contributed by atoms with Gasteiger partial charge in [0.05, 0.1) is 12.1 Å². The summed E-state index contributed by atoms with van der Waals surface area (Å²) in [7, 11) is 0. The Balaban J connectivity index is 0.00000361. The van der Waals surface area contributed by atoms with Crippen molar-refractivity contribution in [1.82, 2.24) is 5.32 Å². The van der Waals surface area contributed by atoms with Crippen LogP contribution in [0.2, 0.25) is 0 Å². The number of halogens is 1. The molecule has 0 aromatic heterocycles. The van der Waals surface area contributed by atoms with Gasteiger partial charge >= 0.3 is 0 Å². The number of amides is 1. The van der Waals surface area contributed by atoms with Gasteiger partial charge in [0.1, 0.15) is 0 Å². The van der Waals surface area contributed by atoms with E-state index in [9.17, 15) is 4.79 Å². The molecule has 3 N–H and O–H groups in total. The number of rotatable bonds is 6. The zero-order valence-corrected chi connectivity index (χ0v) is 13.7. The van der Waals surface area contributed by atoms with Crippen LogP contribution in [-0.4, -0.2) is 11.9 Å². The van der Waals surface area contributed by atoms with Crippen molar-refractivity contribution in [3.63, 3.8) is 0 Å². The first-order valence-corrected chi connectivity index (χ1v) is 7.10. The number of carbonyl (C=O) groups excluding carboxylic acids is 1. The van der Waals surface area contributed by atoms with Gasteiger partial charge < -0.3 is 11.1 Å². The summed E-state index contributed by atoms with van der Waals surface area (Å²) in [5, 5.41) is 3.02. The SMILES string of the molecule is CCCc1ccc(C(NC(=O)[C@H](C)N)C(C)C)cc1.Cl. The molecule has 1 aromatic carbocycles. The predicted molar refractivity (Wildman–Crippen MR) is 87.1 cm³/mol. The predicted octanol–water partition coefficient (Wildman–Crippen LogP) is 3.22. The number of hydrogen-bond donors (Lipinski definition) is 2. The second-order valence-corrected chi connectivity index (χ2v) is 5.51. The molecular formula is C16H27ClN2O. The van der Waals surface area contributed by atoms with E-state index in [2.05, 4.69) is 50.4 Å². The number of nitrogens with two attached hydrogens (primary N) is 1. The highest BCUT2D eigenvalue weighted by atomic mass is 35.5. The zero-order chi connectivity index (χ0) is 14.4. The Kier molecular flexibility index (Phi) is 8.51. The fourth-order valence-electron chi connectivity index (χ4n) is 2.10. The third kappa shape index (κ3) is 5.51. The Hall–Kier alpha value is -1.06. The van der Waals surface area contributed by atoms with E-state index in [4.69, 9.17) is 5.73 Å². The van der Waals surface area contributed by atoms with E-state index in [1.165, 1.54) is 5.56 Å². The van der Waals surface area contributed by atoms with Crippen LogP contribution in [0.1, 0.15) is 51.3 Å². The maximum Gasteiger partial charge on any atom is 0.237 e. The highest BCUT2D eigenvalue weighted by Gasteiger charge is 2.19. The van der Waals surface area contributed by atoms with Gasteiger partial charge in [0.25, 0.3) is 0 Å². The molecule has 20 heavy (non-hydrogen) atoms. The lowest BCUT2D eigenvalue weighted by molar-refractivity contribution is -0.123. The summed E-state index contributed by atoms with van der Waals surface area (Å²) in [6.45, 7) is 8.09. The molecule has 114 valence electrons. The van der Waals surface area contributed by atoms with Gasteiger partial charge in [-0.1, -0.05) is 51.5 Å². The molecule has 1 unspecified atom stereocenters. The van der Waals surface area contributed by atoms with Crippen molar-refractivity contribution in [2.24, 2.45) is 11.7 Å². The molecule has 0 saturated heterocycles. The van der Waals surface area contributed by atoms with E-state index in [0.29, 0.717) is 5.92 Å². The summed E-state index contributed by atoms with van der Waals surface area (Å²) in [4.78, 5) is 11.8. The fraction of sp³-hybridized carbons (Fsp3) is 0.562. The summed E-state index contributed by atoms with van der Waals surface area (Å²) < 4.78 is 0. The largest absolute Gasteiger partial charge is 0.348 e. The van der Waals surface area contributed by atoms with Crippen molar-refractivity contribution in [3.8, 4) is 0 Å². The number of nitrogens with one attached hydrogen (secondary N) is 1. The first-order valence-electron chi connectivity index (χ1n) is 7.10. The molecule has 0 aliphatic carbocycles. The highest BCUT2D eigenvalue weighted by Crippen LogP contribution is 2.22. The summed E-state index contributed by atoms with van der Waals surface area (Å²) in [6.07, 6.45) is 2.24. The van der Waals surface area contributed by atoms with Crippen LogP contribution >= 0.6 is 12.4 Å². The van der Waals surface area contributed by atoms with Crippen molar-refractivity contribution < 1.29 is 4.79 Å². The number of benzene rings is 1. The summed E-state index contributed by atoms with van der Waals surface area (Å²) >= 11 is 0. The Morgan fingerprint density at radius 2 is 1.75 bits per heavy atom. The van der Waals surface area contributed by atoms with Crippen LogP contribution < -0.4 is 11.1 Å². The minimum absolute atomic E-state index is 0. The van der Waals surface area contributed by atoms with Crippen molar-refractivity contribution in [3.05, 3.63) is 35.4 Å². The Morgan fingerprint density at radius 3 is 2.15 bits per heavy atom. The Morgan fingerprint density at radius 1 is 1.20 bits per heavy atom. The van der Waals surface area contributed by atoms with Gasteiger partial charge in [-0.3, -0.25) is 4.79 Å². The lowest BCUT2D eigenvalue weighted by atomic mass is 9.94. The third-order valence-electron chi connectivity index (χ3n) is 3.26. The topological polar surface area (TPSA) is 55.1 Å². The molecule has 0 saturated carbocycles. The molecule has 0 aliphatic heterocycles. The van der Waals surface area contributed by atoms with E-state index in [1.807, 2.05) is 0 Å². The summed E-state index contributed by atoms with van der Waals surface area (Å²) in [5.41, 5.74) is 8.10. The standard InChI is InChI=1S/C16H26N2O.ClH/c1-5-6-13-7-9-14(10-8-13)15(11(2)3)18-16(19)12(4)17;/h7-12,15H,5-6,17H2,1-4H3,(H,18,19);1H/t12-,15?;/m0./s1. The van der Waals surface area contributed by atoms with Crippen molar-refractivity contribution in [2.45, 2.75) is 52.6 Å². The van der Waals surface area contributed by atoms with Crippen LogP contribution in [0.25, 0.3) is 0 Å². The lowest BCUT2D eigenvalue weighted by Gasteiger charge is -2.24. The minimum atomic E-state index is -0.472. The van der Waals surface area contributed by atoms with Gasteiger partial charge in [0.15, 0.2) is 0 Å². The van der Waals surface area contributed by atoms with Crippen LogP contribution in [0.15, 0.2) is 24.3 Å². The molecule has 0 heterocycles. The minimum Gasteiger partial charge on any atom is -0.348 e. The van der Waals surface area contributed by atoms with Crippen LogP contribution in [0.3, 0.4) is 0 Å². The summed E-state index contributed by atoms with van der Waals surface area (Å²) in [6, 6.07) is 8.06. The molecule has 4 heteroatoms.